The molecule has 5 heteroatoms. The number of alkyl halides is 2. The molecule has 1 amide bonds. The minimum Gasteiger partial charge on any atom is -0.338 e. The number of benzene rings is 1. The van der Waals surface area contributed by atoms with Gasteiger partial charge in [0.1, 0.15) is 0 Å². The molecule has 0 spiro atoms. The molecule has 0 aromatic heterocycles. The molecule has 132 valence electrons. The SMILES string of the molecule is O=C(C(F)F)N1CCC(CCC2CN(Cc3ccccc3)C2)CC1. The Morgan fingerprint density at radius 3 is 2.29 bits per heavy atom. The number of halogens is 2. The first-order valence-corrected chi connectivity index (χ1v) is 8.95. The second-order valence-electron chi connectivity index (χ2n) is 7.19. The summed E-state index contributed by atoms with van der Waals surface area (Å²) in [6, 6.07) is 10.5. The van der Waals surface area contributed by atoms with Crippen LogP contribution in [0.25, 0.3) is 0 Å². The third kappa shape index (κ3) is 4.53. The lowest BCUT2D eigenvalue weighted by molar-refractivity contribution is -0.144. The Labute approximate surface area is 142 Å². The van der Waals surface area contributed by atoms with Crippen LogP contribution < -0.4 is 0 Å². The zero-order chi connectivity index (χ0) is 16.9. The second-order valence-corrected chi connectivity index (χ2v) is 7.19. The summed E-state index contributed by atoms with van der Waals surface area (Å²) in [5.41, 5.74) is 1.37. The quantitative estimate of drug-likeness (QED) is 0.795. The fraction of sp³-hybridized carbons (Fsp3) is 0.632. The zero-order valence-electron chi connectivity index (χ0n) is 14.0. The van der Waals surface area contributed by atoms with Gasteiger partial charge in [-0.1, -0.05) is 30.3 Å². The predicted octanol–water partition coefficient (Wildman–Crippen LogP) is 3.40. The van der Waals surface area contributed by atoms with E-state index in [0.717, 1.165) is 38.4 Å². The number of hydrogen-bond acceptors (Lipinski definition) is 2. The number of carbonyl (C=O) groups is 1. The molecule has 2 saturated heterocycles. The summed E-state index contributed by atoms with van der Waals surface area (Å²) in [6.45, 7) is 4.36. The molecule has 24 heavy (non-hydrogen) atoms. The predicted molar refractivity (Wildman–Crippen MR) is 89.8 cm³/mol. The first-order chi connectivity index (χ1) is 11.6. The van der Waals surface area contributed by atoms with Gasteiger partial charge in [-0.05, 0) is 43.1 Å². The van der Waals surface area contributed by atoms with E-state index in [0.29, 0.717) is 19.0 Å². The van der Waals surface area contributed by atoms with E-state index in [1.165, 1.54) is 23.3 Å². The summed E-state index contributed by atoms with van der Waals surface area (Å²) in [5, 5.41) is 0. The van der Waals surface area contributed by atoms with Crippen molar-refractivity contribution < 1.29 is 13.6 Å². The molecule has 2 aliphatic heterocycles. The van der Waals surface area contributed by atoms with Crippen molar-refractivity contribution in [3.63, 3.8) is 0 Å². The van der Waals surface area contributed by atoms with Crippen molar-refractivity contribution in [2.24, 2.45) is 11.8 Å². The molecule has 0 radical (unpaired) electrons. The maximum Gasteiger partial charge on any atom is 0.315 e. The molecule has 0 aliphatic carbocycles. The summed E-state index contributed by atoms with van der Waals surface area (Å²) in [4.78, 5) is 15.1. The van der Waals surface area contributed by atoms with E-state index >= 15 is 0 Å². The fourth-order valence-corrected chi connectivity index (χ4v) is 3.88. The number of rotatable bonds is 6. The van der Waals surface area contributed by atoms with E-state index in [9.17, 15) is 13.6 Å². The lowest BCUT2D eigenvalue weighted by Gasteiger charge is -2.40. The zero-order valence-corrected chi connectivity index (χ0v) is 14.0. The van der Waals surface area contributed by atoms with Crippen LogP contribution in [0.3, 0.4) is 0 Å². The van der Waals surface area contributed by atoms with Crippen molar-refractivity contribution in [2.45, 2.75) is 38.7 Å². The van der Waals surface area contributed by atoms with Gasteiger partial charge in [0.2, 0.25) is 0 Å². The van der Waals surface area contributed by atoms with Crippen LogP contribution in [0, 0.1) is 11.8 Å². The first kappa shape index (κ1) is 17.3. The lowest BCUT2D eigenvalue weighted by atomic mass is 9.86. The number of likely N-dealkylation sites (tertiary alicyclic amines) is 2. The topological polar surface area (TPSA) is 23.6 Å². The van der Waals surface area contributed by atoms with Gasteiger partial charge in [0.15, 0.2) is 0 Å². The minimum absolute atomic E-state index is 0.499. The Morgan fingerprint density at radius 2 is 1.67 bits per heavy atom. The highest BCUT2D eigenvalue weighted by atomic mass is 19.3. The average Bonchev–Trinajstić information content (AvgIpc) is 2.57. The highest BCUT2D eigenvalue weighted by Crippen LogP contribution is 2.28. The van der Waals surface area contributed by atoms with Crippen LogP contribution in [0.5, 0.6) is 0 Å². The summed E-state index contributed by atoms with van der Waals surface area (Å²) >= 11 is 0. The molecule has 0 atom stereocenters. The van der Waals surface area contributed by atoms with Crippen LogP contribution in [-0.2, 0) is 11.3 Å². The monoisotopic (exact) mass is 336 g/mol. The number of piperidine rings is 1. The van der Waals surface area contributed by atoms with E-state index in [1.54, 1.807) is 0 Å². The molecule has 0 unspecified atom stereocenters. The van der Waals surface area contributed by atoms with E-state index in [4.69, 9.17) is 0 Å². The van der Waals surface area contributed by atoms with Gasteiger partial charge in [0.05, 0.1) is 0 Å². The Hall–Kier alpha value is -1.49. The van der Waals surface area contributed by atoms with Crippen LogP contribution >= 0.6 is 0 Å². The van der Waals surface area contributed by atoms with Gasteiger partial charge >= 0.3 is 6.43 Å². The average molecular weight is 336 g/mol. The molecule has 2 heterocycles. The van der Waals surface area contributed by atoms with Crippen molar-refractivity contribution in [2.75, 3.05) is 26.2 Å². The van der Waals surface area contributed by atoms with Crippen LogP contribution in [0.15, 0.2) is 30.3 Å². The molecule has 1 aromatic rings. The minimum atomic E-state index is -2.85. The van der Waals surface area contributed by atoms with E-state index in [1.807, 2.05) is 6.07 Å². The maximum absolute atomic E-state index is 12.4. The van der Waals surface area contributed by atoms with Crippen LogP contribution in [-0.4, -0.2) is 48.3 Å². The molecule has 2 aliphatic rings. The van der Waals surface area contributed by atoms with Gasteiger partial charge in [0, 0.05) is 32.7 Å². The molecular weight excluding hydrogens is 310 g/mol. The third-order valence-electron chi connectivity index (χ3n) is 5.38. The highest BCUT2D eigenvalue weighted by Gasteiger charge is 2.30. The molecule has 3 rings (SSSR count). The smallest absolute Gasteiger partial charge is 0.315 e. The van der Waals surface area contributed by atoms with Gasteiger partial charge < -0.3 is 4.90 Å². The maximum atomic E-state index is 12.4. The van der Waals surface area contributed by atoms with E-state index in [-0.39, 0.29) is 0 Å². The van der Waals surface area contributed by atoms with Crippen LogP contribution in [0.2, 0.25) is 0 Å². The Kier molecular flexibility index (Phi) is 5.82. The standard InChI is InChI=1S/C19H26F2N2O/c20-18(21)19(24)23-10-8-15(9-11-23)6-7-17-13-22(14-17)12-16-4-2-1-3-5-16/h1-5,15,17-18H,6-14H2. The van der Waals surface area contributed by atoms with Gasteiger partial charge in [-0.2, -0.15) is 8.78 Å². The summed E-state index contributed by atoms with van der Waals surface area (Å²) in [5.74, 6) is 0.369. The number of carbonyl (C=O) groups excluding carboxylic acids is 1. The van der Waals surface area contributed by atoms with Crippen LogP contribution in [0.1, 0.15) is 31.2 Å². The molecular formula is C19H26F2N2O. The number of hydrogen-bond donors (Lipinski definition) is 0. The second kappa shape index (κ2) is 8.06. The van der Waals surface area contributed by atoms with E-state index in [2.05, 4.69) is 29.2 Å². The van der Waals surface area contributed by atoms with Gasteiger partial charge in [-0.3, -0.25) is 9.69 Å². The lowest BCUT2D eigenvalue weighted by Crippen LogP contribution is -2.46. The largest absolute Gasteiger partial charge is 0.338 e. The van der Waals surface area contributed by atoms with Crippen molar-refractivity contribution in [3.8, 4) is 0 Å². The van der Waals surface area contributed by atoms with Crippen molar-refractivity contribution in [1.29, 1.82) is 0 Å². The van der Waals surface area contributed by atoms with Gasteiger partial charge in [0.25, 0.3) is 5.91 Å². The normalized spacial score (nSPS) is 20.4. The van der Waals surface area contributed by atoms with Gasteiger partial charge in [-0.15, -0.1) is 0 Å². The van der Waals surface area contributed by atoms with Crippen molar-refractivity contribution in [1.82, 2.24) is 9.80 Å². The fourth-order valence-electron chi connectivity index (χ4n) is 3.88. The Morgan fingerprint density at radius 1 is 1.04 bits per heavy atom. The number of amides is 1. The van der Waals surface area contributed by atoms with Crippen LogP contribution in [0.4, 0.5) is 8.78 Å². The van der Waals surface area contributed by atoms with E-state index < -0.39 is 12.3 Å². The molecule has 3 nitrogen and oxygen atoms in total. The summed E-state index contributed by atoms with van der Waals surface area (Å²) in [7, 11) is 0. The van der Waals surface area contributed by atoms with Gasteiger partial charge in [-0.25, -0.2) is 0 Å². The van der Waals surface area contributed by atoms with Crippen molar-refractivity contribution in [3.05, 3.63) is 35.9 Å². The molecule has 1 aromatic carbocycles. The number of nitrogens with zero attached hydrogens (tertiary/aromatic N) is 2. The molecule has 0 bridgehead atoms. The highest BCUT2D eigenvalue weighted by molar-refractivity contribution is 5.79. The third-order valence-corrected chi connectivity index (χ3v) is 5.38. The summed E-state index contributed by atoms with van der Waals surface area (Å²) < 4.78 is 24.8. The van der Waals surface area contributed by atoms with Crippen molar-refractivity contribution >= 4 is 5.91 Å². The molecule has 0 saturated carbocycles. The first-order valence-electron chi connectivity index (χ1n) is 8.95. The Balaban J connectivity index is 1.29. The molecule has 2 fully saturated rings. The molecule has 0 N–H and O–H groups in total. The summed E-state index contributed by atoms with van der Waals surface area (Å²) in [6.07, 6.45) is 1.28. The Bertz CT molecular complexity index is 523.